The van der Waals surface area contributed by atoms with Crippen LogP contribution in [0.4, 0.5) is 10.1 Å². The van der Waals surface area contributed by atoms with Crippen LogP contribution in [0, 0.1) is 5.82 Å². The second kappa shape index (κ2) is 6.81. The molecule has 0 spiro atoms. The number of nitrogens with two attached hydrogens (primary N) is 1. The molecular weight excluding hydrogens is 365 g/mol. The van der Waals surface area contributed by atoms with Crippen LogP contribution in [0.1, 0.15) is 23.0 Å². The Bertz CT molecular complexity index is 887. The summed E-state index contributed by atoms with van der Waals surface area (Å²) >= 11 is 6.91. The minimum Gasteiger partial charge on any atom is -0.378 e. The van der Waals surface area contributed by atoms with E-state index in [1.807, 2.05) is 0 Å². The first-order chi connectivity index (χ1) is 11.9. The fraction of sp³-hybridized carbons (Fsp3) is 0.125. The molecule has 0 unspecified atom stereocenters. The average Bonchev–Trinajstić information content (AvgIpc) is 2.57. The molecule has 1 aromatic carbocycles. The van der Waals surface area contributed by atoms with Crippen LogP contribution in [0.15, 0.2) is 47.1 Å². The van der Waals surface area contributed by atoms with Gasteiger partial charge in [0.25, 0.3) is 5.91 Å². The van der Waals surface area contributed by atoms with Crippen LogP contribution in [-0.4, -0.2) is 21.0 Å². The number of amides is 1. The van der Waals surface area contributed by atoms with Crippen LogP contribution in [0.5, 0.6) is 0 Å². The van der Waals surface area contributed by atoms with Crippen molar-refractivity contribution in [3.05, 3.63) is 64.3 Å². The third kappa shape index (κ3) is 3.80. The standard InChI is InChI=1S/C16H13ClFN5OS/c1-16(4-5-25-15(19)23-16)10-6-9(2-3-11(10)18)22-14(24)12-7-21-13(17)8-20-12/h2-8H,1H3,(H2,19,23)(H,22,24)/t16-/m0/s1. The number of nitrogens with one attached hydrogen (secondary N) is 1. The van der Waals surface area contributed by atoms with Gasteiger partial charge in [0.1, 0.15) is 22.2 Å². The van der Waals surface area contributed by atoms with E-state index in [0.29, 0.717) is 16.4 Å². The van der Waals surface area contributed by atoms with E-state index < -0.39 is 17.3 Å². The van der Waals surface area contributed by atoms with Crippen LogP contribution in [0.25, 0.3) is 0 Å². The van der Waals surface area contributed by atoms with E-state index in [9.17, 15) is 9.18 Å². The van der Waals surface area contributed by atoms with Crippen LogP contribution < -0.4 is 11.1 Å². The number of amidine groups is 1. The maximum atomic E-state index is 14.3. The summed E-state index contributed by atoms with van der Waals surface area (Å²) in [5, 5.41) is 4.94. The van der Waals surface area contributed by atoms with Crippen LogP contribution in [0.2, 0.25) is 5.15 Å². The molecule has 0 bridgehead atoms. The number of carbonyl (C=O) groups is 1. The molecule has 1 aliphatic heterocycles. The van der Waals surface area contributed by atoms with Gasteiger partial charge in [-0.1, -0.05) is 23.4 Å². The minimum atomic E-state index is -0.944. The summed E-state index contributed by atoms with van der Waals surface area (Å²) in [6.07, 6.45) is 4.29. The predicted molar refractivity (Wildman–Crippen MR) is 97.1 cm³/mol. The normalized spacial score (nSPS) is 19.4. The highest BCUT2D eigenvalue weighted by atomic mass is 35.5. The van der Waals surface area contributed by atoms with Crippen molar-refractivity contribution < 1.29 is 9.18 Å². The summed E-state index contributed by atoms with van der Waals surface area (Å²) in [7, 11) is 0. The quantitative estimate of drug-likeness (QED) is 0.855. The van der Waals surface area contributed by atoms with E-state index in [4.69, 9.17) is 17.3 Å². The van der Waals surface area contributed by atoms with Crippen molar-refractivity contribution >= 4 is 40.1 Å². The van der Waals surface area contributed by atoms with Crippen molar-refractivity contribution in [3.8, 4) is 0 Å². The number of halogens is 2. The number of hydrogen-bond acceptors (Lipinski definition) is 6. The van der Waals surface area contributed by atoms with Crippen LogP contribution in [0.3, 0.4) is 0 Å². The molecule has 128 valence electrons. The van der Waals surface area contributed by atoms with E-state index >= 15 is 0 Å². The Balaban J connectivity index is 1.89. The van der Waals surface area contributed by atoms with E-state index in [0.717, 1.165) is 0 Å². The number of hydrogen-bond donors (Lipinski definition) is 2. The summed E-state index contributed by atoms with van der Waals surface area (Å²) in [5.41, 5.74) is 5.60. The van der Waals surface area contributed by atoms with Gasteiger partial charge in [-0.05, 0) is 36.6 Å². The maximum Gasteiger partial charge on any atom is 0.275 e. The lowest BCUT2D eigenvalue weighted by atomic mass is 9.92. The number of aliphatic imine (C=N–C) groups is 1. The summed E-state index contributed by atoms with van der Waals surface area (Å²) in [6.45, 7) is 1.74. The zero-order valence-corrected chi connectivity index (χ0v) is 14.6. The third-order valence-corrected chi connectivity index (χ3v) is 4.35. The Hall–Kier alpha value is -2.45. The zero-order chi connectivity index (χ0) is 18.0. The molecule has 9 heteroatoms. The van der Waals surface area contributed by atoms with Gasteiger partial charge in [-0.3, -0.25) is 4.79 Å². The zero-order valence-electron chi connectivity index (χ0n) is 13.0. The first-order valence-corrected chi connectivity index (χ1v) is 8.42. The molecule has 1 aliphatic rings. The molecule has 0 fully saturated rings. The Morgan fingerprint density at radius 2 is 2.16 bits per heavy atom. The smallest absolute Gasteiger partial charge is 0.275 e. The van der Waals surface area contributed by atoms with Gasteiger partial charge in [-0.15, -0.1) is 0 Å². The molecule has 2 heterocycles. The Morgan fingerprint density at radius 1 is 1.36 bits per heavy atom. The van der Waals surface area contributed by atoms with Gasteiger partial charge in [-0.2, -0.15) is 0 Å². The number of nitrogens with zero attached hydrogens (tertiary/aromatic N) is 3. The second-order valence-electron chi connectivity index (χ2n) is 5.39. The summed E-state index contributed by atoms with van der Waals surface area (Å²) in [6, 6.07) is 4.25. The maximum absolute atomic E-state index is 14.3. The second-order valence-corrected chi connectivity index (χ2v) is 6.70. The number of carbonyl (C=O) groups excluding carboxylic acids is 1. The van der Waals surface area contributed by atoms with Crippen molar-refractivity contribution in [1.82, 2.24) is 9.97 Å². The summed E-state index contributed by atoms with van der Waals surface area (Å²) in [5.74, 6) is -0.926. The van der Waals surface area contributed by atoms with Gasteiger partial charge < -0.3 is 11.1 Å². The molecular formula is C16H13ClFN5OS. The third-order valence-electron chi connectivity index (χ3n) is 3.55. The van der Waals surface area contributed by atoms with Crippen molar-refractivity contribution in [3.63, 3.8) is 0 Å². The van der Waals surface area contributed by atoms with Gasteiger partial charge in [-0.25, -0.2) is 19.4 Å². The molecule has 1 atom stereocenters. The lowest BCUT2D eigenvalue weighted by Gasteiger charge is -2.26. The monoisotopic (exact) mass is 377 g/mol. The highest BCUT2D eigenvalue weighted by Gasteiger charge is 2.29. The summed E-state index contributed by atoms with van der Waals surface area (Å²) in [4.78, 5) is 24.2. The van der Waals surface area contributed by atoms with Crippen LogP contribution >= 0.6 is 23.4 Å². The van der Waals surface area contributed by atoms with Crippen molar-refractivity contribution in [2.45, 2.75) is 12.5 Å². The number of aromatic nitrogens is 2. The minimum absolute atomic E-state index is 0.0951. The van der Waals surface area contributed by atoms with Crippen molar-refractivity contribution in [1.29, 1.82) is 0 Å². The number of thioether (sulfide) groups is 1. The highest BCUT2D eigenvalue weighted by molar-refractivity contribution is 8.16. The molecule has 3 N–H and O–H groups in total. The number of anilines is 1. The molecule has 0 saturated carbocycles. The topological polar surface area (TPSA) is 93.3 Å². The van der Waals surface area contributed by atoms with Gasteiger partial charge >= 0.3 is 0 Å². The van der Waals surface area contributed by atoms with E-state index in [1.165, 1.54) is 42.4 Å². The lowest BCUT2D eigenvalue weighted by Crippen LogP contribution is -2.25. The van der Waals surface area contributed by atoms with Gasteiger partial charge in [0, 0.05) is 11.3 Å². The molecule has 1 aromatic heterocycles. The van der Waals surface area contributed by atoms with Crippen LogP contribution in [-0.2, 0) is 5.54 Å². The first kappa shape index (κ1) is 17.4. The van der Waals surface area contributed by atoms with E-state index in [2.05, 4.69) is 20.3 Å². The average molecular weight is 378 g/mol. The van der Waals surface area contributed by atoms with Crippen molar-refractivity contribution in [2.24, 2.45) is 10.7 Å². The molecule has 25 heavy (non-hydrogen) atoms. The molecule has 0 saturated heterocycles. The molecule has 1 amide bonds. The van der Waals surface area contributed by atoms with Crippen molar-refractivity contribution in [2.75, 3.05) is 5.32 Å². The highest BCUT2D eigenvalue weighted by Crippen LogP contribution is 2.35. The molecule has 0 radical (unpaired) electrons. The summed E-state index contributed by atoms with van der Waals surface area (Å²) < 4.78 is 14.3. The first-order valence-electron chi connectivity index (χ1n) is 7.16. The van der Waals surface area contributed by atoms with Gasteiger partial charge in [0.2, 0.25) is 0 Å². The lowest BCUT2D eigenvalue weighted by molar-refractivity contribution is 0.102. The van der Waals surface area contributed by atoms with E-state index in [-0.39, 0.29) is 10.8 Å². The largest absolute Gasteiger partial charge is 0.378 e. The van der Waals surface area contributed by atoms with Gasteiger partial charge in [0.15, 0.2) is 5.17 Å². The Kier molecular flexibility index (Phi) is 4.73. The number of benzene rings is 1. The fourth-order valence-electron chi connectivity index (χ4n) is 2.29. The molecule has 3 rings (SSSR count). The number of rotatable bonds is 3. The SMILES string of the molecule is C[C@@]1(c2cc(NC(=O)c3cnc(Cl)cn3)ccc2F)C=CSC(N)=N1. The molecule has 0 aliphatic carbocycles. The Labute approximate surface area is 152 Å². The molecule has 6 nitrogen and oxygen atoms in total. The van der Waals surface area contributed by atoms with E-state index in [1.54, 1.807) is 18.4 Å². The predicted octanol–water partition coefficient (Wildman–Crippen LogP) is 3.31. The fourth-order valence-corrected chi connectivity index (χ4v) is 3.11. The Morgan fingerprint density at radius 3 is 2.84 bits per heavy atom. The van der Waals surface area contributed by atoms with Gasteiger partial charge in [0.05, 0.1) is 12.4 Å². The molecule has 2 aromatic rings.